The number of non-ortho nitro benzene ring substituents is 1. The van der Waals surface area contributed by atoms with Gasteiger partial charge in [0.25, 0.3) is 11.6 Å². The van der Waals surface area contributed by atoms with Gasteiger partial charge in [0.1, 0.15) is 0 Å². The molecule has 0 spiro atoms. The summed E-state index contributed by atoms with van der Waals surface area (Å²) in [5, 5.41) is 11.2. The molecule has 1 saturated carbocycles. The highest BCUT2D eigenvalue weighted by Crippen LogP contribution is 2.29. The second-order valence-corrected chi connectivity index (χ2v) is 7.70. The first-order valence-electron chi connectivity index (χ1n) is 10.5. The van der Waals surface area contributed by atoms with Crippen molar-refractivity contribution >= 4 is 23.3 Å². The van der Waals surface area contributed by atoms with Gasteiger partial charge >= 0.3 is 5.97 Å². The first-order chi connectivity index (χ1) is 14.0. The number of nitro groups is 1. The smallest absolute Gasteiger partial charge is 0.341 e. The van der Waals surface area contributed by atoms with E-state index in [0.717, 1.165) is 51.6 Å². The number of rotatable bonds is 7. The lowest BCUT2D eigenvalue weighted by molar-refractivity contribution is -0.384. The van der Waals surface area contributed by atoms with Crippen LogP contribution in [0.1, 0.15) is 62.2 Å². The lowest BCUT2D eigenvalue weighted by atomic mass is 9.94. The Labute approximate surface area is 171 Å². The molecule has 1 aliphatic heterocycles. The van der Waals surface area contributed by atoms with Crippen molar-refractivity contribution in [3.63, 3.8) is 0 Å². The minimum Gasteiger partial charge on any atom is -0.452 e. The van der Waals surface area contributed by atoms with Gasteiger partial charge in [-0.25, -0.2) is 4.79 Å². The van der Waals surface area contributed by atoms with Crippen LogP contribution in [0.5, 0.6) is 0 Å². The number of nitro benzene ring substituents is 1. The molecule has 0 N–H and O–H groups in total. The summed E-state index contributed by atoms with van der Waals surface area (Å²) >= 11 is 0. The molecule has 158 valence electrons. The van der Waals surface area contributed by atoms with Crippen LogP contribution in [0.4, 0.5) is 11.4 Å². The number of carbonyl (C=O) groups excluding carboxylic acids is 2. The largest absolute Gasteiger partial charge is 0.452 e. The second-order valence-electron chi connectivity index (χ2n) is 7.70. The van der Waals surface area contributed by atoms with Crippen LogP contribution in [0, 0.1) is 10.1 Å². The van der Waals surface area contributed by atoms with Crippen molar-refractivity contribution in [2.24, 2.45) is 0 Å². The van der Waals surface area contributed by atoms with Gasteiger partial charge in [-0.2, -0.15) is 0 Å². The van der Waals surface area contributed by atoms with E-state index in [1.807, 2.05) is 11.8 Å². The van der Waals surface area contributed by atoms with Gasteiger partial charge in [-0.05, 0) is 38.7 Å². The van der Waals surface area contributed by atoms with E-state index in [1.165, 1.54) is 18.6 Å². The number of esters is 1. The third-order valence-corrected chi connectivity index (χ3v) is 5.86. The number of nitrogens with zero attached hydrogens (tertiary/aromatic N) is 3. The quantitative estimate of drug-likeness (QED) is 0.393. The van der Waals surface area contributed by atoms with E-state index in [0.29, 0.717) is 12.2 Å². The van der Waals surface area contributed by atoms with Crippen molar-refractivity contribution in [2.45, 2.75) is 57.9 Å². The molecule has 2 fully saturated rings. The van der Waals surface area contributed by atoms with Crippen molar-refractivity contribution < 1.29 is 19.2 Å². The number of carbonyl (C=O) groups is 2. The molecule has 0 atom stereocenters. The maximum absolute atomic E-state index is 12.7. The Bertz CT molecular complexity index is 755. The Hall–Kier alpha value is -2.64. The number of amides is 1. The summed E-state index contributed by atoms with van der Waals surface area (Å²) in [6, 6.07) is 4.46. The van der Waals surface area contributed by atoms with Gasteiger partial charge in [-0.15, -0.1) is 0 Å². The molecule has 2 aliphatic rings. The molecule has 3 rings (SSSR count). The fraction of sp³-hybridized carbons (Fsp3) is 0.619. The Morgan fingerprint density at radius 2 is 1.86 bits per heavy atom. The van der Waals surface area contributed by atoms with Gasteiger partial charge in [0.15, 0.2) is 6.61 Å². The summed E-state index contributed by atoms with van der Waals surface area (Å²) in [5.41, 5.74) is 0.614. The summed E-state index contributed by atoms with van der Waals surface area (Å²) in [5.74, 6) is -0.899. The van der Waals surface area contributed by atoms with Crippen LogP contribution >= 0.6 is 0 Å². The van der Waals surface area contributed by atoms with Crippen LogP contribution in [0.3, 0.4) is 0 Å². The number of hydrogen-bond acceptors (Lipinski definition) is 6. The van der Waals surface area contributed by atoms with Gasteiger partial charge in [0.05, 0.1) is 16.2 Å². The number of hydrogen-bond donors (Lipinski definition) is 0. The molecule has 1 amide bonds. The first-order valence-corrected chi connectivity index (χ1v) is 10.5. The molecular formula is C21H29N3O5. The van der Waals surface area contributed by atoms with Crippen molar-refractivity contribution in [3.05, 3.63) is 33.9 Å². The maximum Gasteiger partial charge on any atom is 0.341 e. The molecule has 29 heavy (non-hydrogen) atoms. The maximum atomic E-state index is 12.7. The Morgan fingerprint density at radius 1 is 1.17 bits per heavy atom. The first kappa shape index (κ1) is 21.1. The summed E-state index contributed by atoms with van der Waals surface area (Å²) in [4.78, 5) is 39.9. The zero-order valence-corrected chi connectivity index (χ0v) is 17.0. The van der Waals surface area contributed by atoms with Crippen LogP contribution in [-0.2, 0) is 9.53 Å². The SMILES string of the molecule is CCN(C(=O)COC(=O)c1cc([N+](=O)[O-])ccc1N1CCCC1)C1CCCCC1. The van der Waals surface area contributed by atoms with Crippen molar-refractivity contribution in [2.75, 3.05) is 31.1 Å². The number of anilines is 1. The zero-order valence-electron chi connectivity index (χ0n) is 17.0. The summed E-state index contributed by atoms with van der Waals surface area (Å²) in [6.07, 6.45) is 7.41. The average Bonchev–Trinajstić information content (AvgIpc) is 3.27. The van der Waals surface area contributed by atoms with Gasteiger partial charge < -0.3 is 14.5 Å². The van der Waals surface area contributed by atoms with E-state index >= 15 is 0 Å². The molecule has 8 heteroatoms. The average molecular weight is 403 g/mol. The van der Waals surface area contributed by atoms with Gasteiger partial charge in [0, 0.05) is 37.8 Å². The molecule has 0 bridgehead atoms. The fourth-order valence-electron chi connectivity index (χ4n) is 4.35. The third kappa shape index (κ3) is 5.05. The Balaban J connectivity index is 1.71. The monoisotopic (exact) mass is 403 g/mol. The third-order valence-electron chi connectivity index (χ3n) is 5.86. The van der Waals surface area contributed by atoms with Crippen molar-refractivity contribution in [1.82, 2.24) is 4.90 Å². The van der Waals surface area contributed by atoms with Gasteiger partial charge in [0.2, 0.25) is 0 Å². The molecule has 1 heterocycles. The lowest BCUT2D eigenvalue weighted by Crippen LogP contribution is -2.43. The van der Waals surface area contributed by atoms with E-state index in [2.05, 4.69) is 0 Å². The molecule has 0 aromatic heterocycles. The number of likely N-dealkylation sites (N-methyl/N-ethyl adjacent to an activating group) is 1. The fourth-order valence-corrected chi connectivity index (χ4v) is 4.35. The zero-order chi connectivity index (χ0) is 20.8. The van der Waals surface area contributed by atoms with E-state index in [9.17, 15) is 19.7 Å². The number of ether oxygens (including phenoxy) is 1. The Morgan fingerprint density at radius 3 is 2.48 bits per heavy atom. The molecule has 1 saturated heterocycles. The second kappa shape index (κ2) is 9.71. The topological polar surface area (TPSA) is 93.0 Å². The normalized spacial score (nSPS) is 17.2. The lowest BCUT2D eigenvalue weighted by Gasteiger charge is -2.33. The van der Waals surface area contributed by atoms with Crippen molar-refractivity contribution in [1.29, 1.82) is 0 Å². The van der Waals surface area contributed by atoms with E-state index in [-0.39, 0.29) is 29.8 Å². The highest BCUT2D eigenvalue weighted by Gasteiger charge is 2.27. The molecular weight excluding hydrogens is 374 g/mol. The van der Waals surface area contributed by atoms with Crippen LogP contribution in [-0.4, -0.2) is 54.0 Å². The minimum atomic E-state index is -0.691. The van der Waals surface area contributed by atoms with Crippen LogP contribution in [0.2, 0.25) is 0 Å². The minimum absolute atomic E-state index is 0.148. The van der Waals surface area contributed by atoms with Gasteiger partial charge in [-0.1, -0.05) is 19.3 Å². The van der Waals surface area contributed by atoms with Gasteiger partial charge in [-0.3, -0.25) is 14.9 Å². The van der Waals surface area contributed by atoms with Crippen molar-refractivity contribution in [3.8, 4) is 0 Å². The molecule has 1 aromatic carbocycles. The predicted octanol–water partition coefficient (Wildman–Crippen LogP) is 3.53. The molecule has 0 unspecified atom stereocenters. The van der Waals surface area contributed by atoms with Crippen LogP contribution < -0.4 is 4.90 Å². The Kier molecular flexibility index (Phi) is 7.06. The summed E-state index contributed by atoms with van der Waals surface area (Å²) in [6.45, 7) is 3.76. The van der Waals surface area contributed by atoms with Crippen LogP contribution in [0.15, 0.2) is 18.2 Å². The summed E-state index contributed by atoms with van der Waals surface area (Å²) in [7, 11) is 0. The number of benzene rings is 1. The summed E-state index contributed by atoms with van der Waals surface area (Å²) < 4.78 is 5.32. The van der Waals surface area contributed by atoms with E-state index in [1.54, 1.807) is 11.0 Å². The molecule has 0 radical (unpaired) electrons. The predicted molar refractivity (Wildman–Crippen MR) is 109 cm³/mol. The van der Waals surface area contributed by atoms with E-state index < -0.39 is 10.9 Å². The standard InChI is InChI=1S/C21H29N3O5/c1-2-23(16-8-4-3-5-9-16)20(25)15-29-21(26)18-14-17(24(27)28)10-11-19(18)22-12-6-7-13-22/h10-11,14,16H,2-9,12-13,15H2,1H3. The highest BCUT2D eigenvalue weighted by atomic mass is 16.6. The highest BCUT2D eigenvalue weighted by molar-refractivity contribution is 5.97. The molecule has 1 aromatic rings. The van der Waals surface area contributed by atoms with Crippen LogP contribution in [0.25, 0.3) is 0 Å². The molecule has 8 nitrogen and oxygen atoms in total. The van der Waals surface area contributed by atoms with E-state index in [4.69, 9.17) is 4.74 Å². The molecule has 1 aliphatic carbocycles.